The molecule has 2 atom stereocenters. The third-order valence-electron chi connectivity index (χ3n) is 4.58. The molecule has 1 aromatic carbocycles. The van der Waals surface area contributed by atoms with Gasteiger partial charge in [0.2, 0.25) is 10.0 Å². The first-order valence-corrected chi connectivity index (χ1v) is 8.69. The molecule has 2 aliphatic rings. The van der Waals surface area contributed by atoms with Gasteiger partial charge in [-0.1, -0.05) is 0 Å². The molecule has 0 bridgehead atoms. The van der Waals surface area contributed by atoms with Crippen LogP contribution in [0.3, 0.4) is 0 Å². The standard InChI is InChI=1S/C14H20FN3O2S/c1-9-11(15)7-10(8-12(9)16)21(19,20)17-13-4-6-18-5-2-3-14(13)18/h7-8,13-14,17H,2-6,16H2,1H3. The average Bonchev–Trinajstić information content (AvgIpc) is 3.00. The second-order valence-corrected chi connectivity index (χ2v) is 7.60. The Hall–Kier alpha value is -1.18. The van der Waals surface area contributed by atoms with Crippen molar-refractivity contribution in [2.75, 3.05) is 18.8 Å². The van der Waals surface area contributed by atoms with Crippen LogP contribution in [0.4, 0.5) is 10.1 Å². The molecule has 2 heterocycles. The molecule has 2 saturated heterocycles. The van der Waals surface area contributed by atoms with Crippen molar-refractivity contribution in [3.05, 3.63) is 23.5 Å². The zero-order chi connectivity index (χ0) is 15.2. The van der Waals surface area contributed by atoms with Gasteiger partial charge in [-0.05, 0) is 44.9 Å². The monoisotopic (exact) mass is 313 g/mol. The summed E-state index contributed by atoms with van der Waals surface area (Å²) in [5, 5.41) is 0. The lowest BCUT2D eigenvalue weighted by Gasteiger charge is -2.21. The summed E-state index contributed by atoms with van der Waals surface area (Å²) in [6.45, 7) is 3.49. The number of anilines is 1. The van der Waals surface area contributed by atoms with Gasteiger partial charge in [-0.2, -0.15) is 0 Å². The molecule has 3 rings (SSSR count). The highest BCUT2D eigenvalue weighted by molar-refractivity contribution is 7.89. The lowest BCUT2D eigenvalue weighted by molar-refractivity contribution is 0.309. The normalized spacial score (nSPS) is 26.2. The molecular formula is C14H20FN3O2S. The van der Waals surface area contributed by atoms with E-state index < -0.39 is 15.8 Å². The van der Waals surface area contributed by atoms with Gasteiger partial charge in [-0.25, -0.2) is 17.5 Å². The predicted molar refractivity (Wildman–Crippen MR) is 78.9 cm³/mol. The topological polar surface area (TPSA) is 75.4 Å². The fourth-order valence-corrected chi connectivity index (χ4v) is 4.67. The first-order valence-electron chi connectivity index (χ1n) is 7.20. The number of benzene rings is 1. The van der Waals surface area contributed by atoms with E-state index in [0.717, 1.165) is 38.4 Å². The van der Waals surface area contributed by atoms with E-state index in [0.29, 0.717) is 0 Å². The molecule has 0 amide bonds. The number of hydrogen-bond donors (Lipinski definition) is 2. The van der Waals surface area contributed by atoms with Crippen LogP contribution in [0, 0.1) is 12.7 Å². The Balaban J connectivity index is 1.84. The average molecular weight is 313 g/mol. The maximum absolute atomic E-state index is 13.7. The quantitative estimate of drug-likeness (QED) is 0.823. The number of fused-ring (bicyclic) bond motifs is 1. The number of nitrogens with two attached hydrogens (primary N) is 1. The van der Waals surface area contributed by atoms with Crippen molar-refractivity contribution >= 4 is 15.7 Å². The maximum atomic E-state index is 13.7. The molecule has 2 aliphatic heterocycles. The van der Waals surface area contributed by atoms with Crippen molar-refractivity contribution in [2.24, 2.45) is 0 Å². The maximum Gasteiger partial charge on any atom is 0.241 e. The molecule has 2 unspecified atom stereocenters. The van der Waals surface area contributed by atoms with Gasteiger partial charge < -0.3 is 5.73 Å². The number of rotatable bonds is 3. The first-order chi connectivity index (χ1) is 9.88. The van der Waals surface area contributed by atoms with Gasteiger partial charge >= 0.3 is 0 Å². The number of sulfonamides is 1. The summed E-state index contributed by atoms with van der Waals surface area (Å²) in [4.78, 5) is 2.22. The van der Waals surface area contributed by atoms with E-state index in [2.05, 4.69) is 9.62 Å². The van der Waals surface area contributed by atoms with Crippen LogP contribution in [0.25, 0.3) is 0 Å². The molecule has 0 spiro atoms. The third kappa shape index (κ3) is 2.65. The van der Waals surface area contributed by atoms with Crippen LogP contribution >= 0.6 is 0 Å². The molecule has 21 heavy (non-hydrogen) atoms. The van der Waals surface area contributed by atoms with Crippen molar-refractivity contribution < 1.29 is 12.8 Å². The second-order valence-electron chi connectivity index (χ2n) is 5.88. The highest BCUT2D eigenvalue weighted by Gasteiger charge is 2.39. The van der Waals surface area contributed by atoms with Gasteiger partial charge in [-0.15, -0.1) is 0 Å². The van der Waals surface area contributed by atoms with E-state index >= 15 is 0 Å². The van der Waals surface area contributed by atoms with E-state index in [-0.39, 0.29) is 28.2 Å². The van der Waals surface area contributed by atoms with Crippen molar-refractivity contribution in [3.63, 3.8) is 0 Å². The fourth-order valence-electron chi connectivity index (χ4n) is 3.32. The predicted octanol–water partition coefficient (Wildman–Crippen LogP) is 1.23. The van der Waals surface area contributed by atoms with Gasteiger partial charge in [0.15, 0.2) is 0 Å². The van der Waals surface area contributed by atoms with Gasteiger partial charge in [0.05, 0.1) is 4.90 Å². The Kier molecular flexibility index (Phi) is 3.67. The van der Waals surface area contributed by atoms with Crippen LogP contribution in [0.1, 0.15) is 24.8 Å². The highest BCUT2D eigenvalue weighted by atomic mass is 32.2. The number of nitrogen functional groups attached to an aromatic ring is 1. The molecule has 7 heteroatoms. The van der Waals surface area contributed by atoms with E-state index in [4.69, 9.17) is 5.73 Å². The Morgan fingerprint density at radius 2 is 2.10 bits per heavy atom. The minimum absolute atomic E-state index is 0.0944. The lowest BCUT2D eigenvalue weighted by atomic mass is 10.1. The summed E-state index contributed by atoms with van der Waals surface area (Å²) in [6.07, 6.45) is 2.92. The Morgan fingerprint density at radius 3 is 2.81 bits per heavy atom. The summed E-state index contributed by atoms with van der Waals surface area (Å²) in [6, 6.07) is 2.54. The number of hydrogen-bond acceptors (Lipinski definition) is 4. The largest absolute Gasteiger partial charge is 0.398 e. The van der Waals surface area contributed by atoms with Crippen molar-refractivity contribution in [1.29, 1.82) is 0 Å². The zero-order valence-electron chi connectivity index (χ0n) is 12.0. The highest BCUT2D eigenvalue weighted by Crippen LogP contribution is 2.29. The molecule has 2 fully saturated rings. The summed E-state index contributed by atoms with van der Waals surface area (Å²) >= 11 is 0. The van der Waals surface area contributed by atoms with Crippen molar-refractivity contribution in [2.45, 2.75) is 43.2 Å². The van der Waals surface area contributed by atoms with Crippen molar-refractivity contribution in [1.82, 2.24) is 9.62 Å². The van der Waals surface area contributed by atoms with Crippen LogP contribution in [0.5, 0.6) is 0 Å². The minimum atomic E-state index is -3.74. The fraction of sp³-hybridized carbons (Fsp3) is 0.571. The summed E-state index contributed by atoms with van der Waals surface area (Å²) in [7, 11) is -3.74. The molecule has 0 aliphatic carbocycles. The van der Waals surface area contributed by atoms with Gasteiger partial charge in [0.1, 0.15) is 5.82 Å². The molecule has 0 radical (unpaired) electrons. The Bertz CT molecular complexity index is 639. The minimum Gasteiger partial charge on any atom is -0.398 e. The van der Waals surface area contributed by atoms with E-state index in [1.165, 1.54) is 13.0 Å². The van der Waals surface area contributed by atoms with Crippen molar-refractivity contribution in [3.8, 4) is 0 Å². The van der Waals surface area contributed by atoms with E-state index in [1.54, 1.807) is 0 Å². The SMILES string of the molecule is Cc1c(N)cc(S(=O)(=O)NC2CCN3CCCC23)cc1F. The molecule has 5 nitrogen and oxygen atoms in total. The molecule has 3 N–H and O–H groups in total. The smallest absolute Gasteiger partial charge is 0.241 e. The van der Waals surface area contributed by atoms with E-state index in [9.17, 15) is 12.8 Å². The van der Waals surface area contributed by atoms with Gasteiger partial charge in [0, 0.05) is 29.9 Å². The molecular weight excluding hydrogens is 293 g/mol. The van der Waals surface area contributed by atoms with Crippen LogP contribution in [-0.2, 0) is 10.0 Å². The van der Waals surface area contributed by atoms with Crippen LogP contribution < -0.4 is 10.5 Å². The summed E-state index contributed by atoms with van der Waals surface area (Å²) < 4.78 is 41.3. The van der Waals surface area contributed by atoms with Crippen LogP contribution in [-0.4, -0.2) is 38.5 Å². The molecule has 0 saturated carbocycles. The van der Waals surface area contributed by atoms with Gasteiger partial charge in [-0.3, -0.25) is 4.90 Å². The molecule has 0 aromatic heterocycles. The number of halogens is 1. The summed E-state index contributed by atoms with van der Waals surface area (Å²) in [5.74, 6) is -0.593. The Labute approximate surface area is 124 Å². The van der Waals surface area contributed by atoms with Crippen LogP contribution in [0.2, 0.25) is 0 Å². The third-order valence-corrected chi connectivity index (χ3v) is 6.05. The molecule has 116 valence electrons. The summed E-state index contributed by atoms with van der Waals surface area (Å²) in [5.41, 5.74) is 6.10. The number of nitrogens with one attached hydrogen (secondary N) is 1. The molecule has 1 aromatic rings. The van der Waals surface area contributed by atoms with Crippen LogP contribution in [0.15, 0.2) is 17.0 Å². The van der Waals surface area contributed by atoms with Gasteiger partial charge in [0.25, 0.3) is 0 Å². The number of nitrogens with zero attached hydrogens (tertiary/aromatic N) is 1. The first kappa shape index (κ1) is 14.7. The second kappa shape index (κ2) is 5.23. The lowest BCUT2D eigenvalue weighted by Crippen LogP contribution is -2.42. The zero-order valence-corrected chi connectivity index (χ0v) is 12.8. The van der Waals surface area contributed by atoms with E-state index in [1.807, 2.05) is 0 Å². The Morgan fingerprint density at radius 1 is 1.33 bits per heavy atom.